The van der Waals surface area contributed by atoms with Crippen molar-refractivity contribution in [1.82, 2.24) is 5.32 Å². The first-order chi connectivity index (χ1) is 6.67. The summed E-state index contributed by atoms with van der Waals surface area (Å²) in [6, 6.07) is 0.770. The Morgan fingerprint density at radius 2 is 2.00 bits per heavy atom. The fourth-order valence-corrected chi connectivity index (χ4v) is 2.90. The van der Waals surface area contributed by atoms with Crippen molar-refractivity contribution in [2.24, 2.45) is 17.8 Å². The van der Waals surface area contributed by atoms with Gasteiger partial charge in [-0.2, -0.15) is 0 Å². The van der Waals surface area contributed by atoms with Gasteiger partial charge in [0, 0.05) is 6.04 Å². The number of nitrogens with one attached hydrogen (secondary N) is 1. The molecule has 14 heavy (non-hydrogen) atoms. The second-order valence-electron chi connectivity index (χ2n) is 5.37. The monoisotopic (exact) mass is 197 g/mol. The summed E-state index contributed by atoms with van der Waals surface area (Å²) in [7, 11) is 2.13. The second kappa shape index (κ2) is 5.75. The zero-order chi connectivity index (χ0) is 10.6. The van der Waals surface area contributed by atoms with Crippen LogP contribution in [0, 0.1) is 17.8 Å². The lowest BCUT2D eigenvalue weighted by Gasteiger charge is -2.25. The highest BCUT2D eigenvalue weighted by atomic mass is 14.9. The lowest BCUT2D eigenvalue weighted by atomic mass is 9.90. The van der Waals surface area contributed by atoms with Crippen LogP contribution in [0.5, 0.6) is 0 Å². The molecule has 3 unspecified atom stereocenters. The van der Waals surface area contributed by atoms with Crippen molar-refractivity contribution < 1.29 is 0 Å². The van der Waals surface area contributed by atoms with Gasteiger partial charge < -0.3 is 5.32 Å². The first-order valence-corrected chi connectivity index (χ1v) is 6.34. The van der Waals surface area contributed by atoms with Crippen LogP contribution in [-0.2, 0) is 0 Å². The van der Waals surface area contributed by atoms with Crippen LogP contribution in [0.15, 0.2) is 0 Å². The fraction of sp³-hybridized carbons (Fsp3) is 1.00. The van der Waals surface area contributed by atoms with Crippen molar-refractivity contribution in [3.63, 3.8) is 0 Å². The van der Waals surface area contributed by atoms with Crippen molar-refractivity contribution in [1.29, 1.82) is 0 Å². The van der Waals surface area contributed by atoms with Crippen molar-refractivity contribution in [3.8, 4) is 0 Å². The highest BCUT2D eigenvalue weighted by Crippen LogP contribution is 2.36. The average molecular weight is 197 g/mol. The van der Waals surface area contributed by atoms with E-state index in [-0.39, 0.29) is 0 Å². The third-order valence-corrected chi connectivity index (χ3v) is 3.82. The minimum Gasteiger partial charge on any atom is -0.317 e. The molecule has 0 aromatic rings. The first kappa shape index (κ1) is 12.0. The van der Waals surface area contributed by atoms with Crippen LogP contribution in [0.25, 0.3) is 0 Å². The normalized spacial score (nSPS) is 29.8. The average Bonchev–Trinajstić information content (AvgIpc) is 2.62. The maximum absolute atomic E-state index is 3.52. The second-order valence-corrected chi connectivity index (χ2v) is 5.37. The summed E-state index contributed by atoms with van der Waals surface area (Å²) in [5.74, 6) is 2.79. The Morgan fingerprint density at radius 3 is 2.43 bits per heavy atom. The summed E-state index contributed by atoms with van der Waals surface area (Å²) in [5, 5.41) is 3.52. The van der Waals surface area contributed by atoms with Crippen molar-refractivity contribution in [3.05, 3.63) is 0 Å². The molecule has 0 aromatic heterocycles. The lowest BCUT2D eigenvalue weighted by molar-refractivity contribution is 0.316. The van der Waals surface area contributed by atoms with E-state index in [2.05, 4.69) is 33.1 Å². The largest absolute Gasteiger partial charge is 0.317 e. The van der Waals surface area contributed by atoms with E-state index in [4.69, 9.17) is 0 Å². The topological polar surface area (TPSA) is 12.0 Å². The van der Waals surface area contributed by atoms with E-state index in [1.807, 2.05) is 0 Å². The van der Waals surface area contributed by atoms with Crippen LogP contribution >= 0.6 is 0 Å². The highest BCUT2D eigenvalue weighted by Gasteiger charge is 2.29. The molecular weight excluding hydrogens is 170 g/mol. The molecule has 0 amide bonds. The summed E-state index contributed by atoms with van der Waals surface area (Å²) < 4.78 is 0. The zero-order valence-electron chi connectivity index (χ0n) is 10.3. The lowest BCUT2D eigenvalue weighted by Crippen LogP contribution is -2.33. The van der Waals surface area contributed by atoms with Crippen molar-refractivity contribution >= 4 is 0 Å². The predicted octanol–water partition coefficient (Wildman–Crippen LogP) is 3.45. The van der Waals surface area contributed by atoms with Crippen LogP contribution in [0.1, 0.15) is 52.9 Å². The van der Waals surface area contributed by atoms with E-state index in [0.29, 0.717) is 0 Å². The van der Waals surface area contributed by atoms with E-state index in [0.717, 1.165) is 23.8 Å². The van der Waals surface area contributed by atoms with Gasteiger partial charge in [0.15, 0.2) is 0 Å². The predicted molar refractivity (Wildman–Crippen MR) is 63.4 cm³/mol. The third kappa shape index (κ3) is 3.27. The Kier molecular flexibility index (Phi) is 4.94. The molecule has 0 bridgehead atoms. The first-order valence-electron chi connectivity index (χ1n) is 6.34. The van der Waals surface area contributed by atoms with Crippen LogP contribution in [-0.4, -0.2) is 13.1 Å². The molecule has 0 spiro atoms. The number of hydrogen-bond donors (Lipinski definition) is 1. The third-order valence-electron chi connectivity index (χ3n) is 3.82. The van der Waals surface area contributed by atoms with Gasteiger partial charge in [-0.3, -0.25) is 0 Å². The Bertz CT molecular complexity index is 153. The van der Waals surface area contributed by atoms with Crippen molar-refractivity contribution in [2.45, 2.75) is 58.9 Å². The van der Waals surface area contributed by atoms with Gasteiger partial charge in [-0.25, -0.2) is 0 Å². The standard InChI is InChI=1S/C13H27N/c1-5-11-6-7-12(9-11)13(14-4)8-10(2)3/h10-14H,5-9H2,1-4H3. The molecule has 0 aliphatic heterocycles. The van der Waals surface area contributed by atoms with Crippen LogP contribution in [0.3, 0.4) is 0 Å². The molecule has 3 atom stereocenters. The summed E-state index contributed by atoms with van der Waals surface area (Å²) >= 11 is 0. The van der Waals surface area contributed by atoms with Crippen LogP contribution < -0.4 is 5.32 Å². The van der Waals surface area contributed by atoms with Gasteiger partial charge in [-0.05, 0) is 44.1 Å². The molecular formula is C13H27N. The van der Waals surface area contributed by atoms with Crippen LogP contribution in [0.2, 0.25) is 0 Å². The van der Waals surface area contributed by atoms with Gasteiger partial charge in [0.2, 0.25) is 0 Å². The number of hydrogen-bond acceptors (Lipinski definition) is 1. The highest BCUT2D eigenvalue weighted by molar-refractivity contribution is 4.84. The fourth-order valence-electron chi connectivity index (χ4n) is 2.90. The molecule has 1 aliphatic carbocycles. The Hall–Kier alpha value is -0.0400. The molecule has 1 fully saturated rings. The van der Waals surface area contributed by atoms with Gasteiger partial charge in [-0.15, -0.1) is 0 Å². The molecule has 1 nitrogen and oxygen atoms in total. The summed E-state index contributed by atoms with van der Waals surface area (Å²) in [6.45, 7) is 7.00. The molecule has 1 aliphatic rings. The molecule has 0 radical (unpaired) electrons. The molecule has 1 rings (SSSR count). The van der Waals surface area contributed by atoms with Gasteiger partial charge in [0.25, 0.3) is 0 Å². The molecule has 0 heterocycles. The summed E-state index contributed by atoms with van der Waals surface area (Å²) in [4.78, 5) is 0. The minimum absolute atomic E-state index is 0.770. The zero-order valence-corrected chi connectivity index (χ0v) is 10.3. The molecule has 0 aromatic carbocycles. The Balaban J connectivity index is 2.38. The molecule has 0 saturated heterocycles. The summed E-state index contributed by atoms with van der Waals surface area (Å²) in [6.07, 6.45) is 7.12. The maximum atomic E-state index is 3.52. The number of rotatable bonds is 5. The van der Waals surface area contributed by atoms with E-state index < -0.39 is 0 Å². The van der Waals surface area contributed by atoms with Gasteiger partial charge in [-0.1, -0.05) is 33.6 Å². The Morgan fingerprint density at radius 1 is 1.29 bits per heavy atom. The van der Waals surface area contributed by atoms with E-state index in [1.54, 1.807) is 0 Å². The summed E-state index contributed by atoms with van der Waals surface area (Å²) in [5.41, 5.74) is 0. The molecule has 84 valence electrons. The van der Waals surface area contributed by atoms with Gasteiger partial charge >= 0.3 is 0 Å². The van der Waals surface area contributed by atoms with E-state index in [9.17, 15) is 0 Å². The van der Waals surface area contributed by atoms with E-state index in [1.165, 1.54) is 32.1 Å². The molecule has 1 saturated carbocycles. The SMILES string of the molecule is CCC1CCC(C(CC(C)C)NC)C1. The minimum atomic E-state index is 0.770. The van der Waals surface area contributed by atoms with Gasteiger partial charge in [0.1, 0.15) is 0 Å². The smallest absolute Gasteiger partial charge is 0.00948 e. The molecule has 1 heteroatoms. The molecule has 1 N–H and O–H groups in total. The van der Waals surface area contributed by atoms with Crippen LogP contribution in [0.4, 0.5) is 0 Å². The van der Waals surface area contributed by atoms with Gasteiger partial charge in [0.05, 0.1) is 0 Å². The quantitative estimate of drug-likeness (QED) is 0.712. The van der Waals surface area contributed by atoms with E-state index >= 15 is 0 Å². The maximum Gasteiger partial charge on any atom is 0.00948 e. The Labute approximate surface area is 89.7 Å². The van der Waals surface area contributed by atoms with Crippen molar-refractivity contribution in [2.75, 3.05) is 7.05 Å².